The van der Waals surface area contributed by atoms with Crippen LogP contribution in [0.4, 0.5) is 24.5 Å². The number of aromatic nitrogens is 3. The average Bonchev–Trinajstić information content (AvgIpc) is 3.41. The fourth-order valence-electron chi connectivity index (χ4n) is 3.28. The Morgan fingerprint density at radius 1 is 1.00 bits per heavy atom. The summed E-state index contributed by atoms with van der Waals surface area (Å²) in [6, 6.07) is 9.70. The van der Waals surface area contributed by atoms with Crippen LogP contribution in [0.15, 0.2) is 61.1 Å². The third-order valence-electron chi connectivity index (χ3n) is 5.07. The molecule has 3 N–H and O–H groups in total. The predicted octanol–water partition coefficient (Wildman–Crippen LogP) is 5.21. The number of amides is 2. The first-order valence-electron chi connectivity index (χ1n) is 10.1. The number of benzene rings is 2. The smallest absolute Gasteiger partial charge is 0.359 e. The Morgan fingerprint density at radius 3 is 2.33 bits per heavy atom. The van der Waals surface area contributed by atoms with Gasteiger partial charge in [0.15, 0.2) is 0 Å². The fraction of sp³-hybridized carbons (Fsp3) is 0.174. The number of nitrogens with one attached hydrogen (secondary N) is 3. The zero-order chi connectivity index (χ0) is 23.8. The van der Waals surface area contributed by atoms with E-state index in [1.807, 2.05) is 42.9 Å². The maximum absolute atomic E-state index is 12.7. The number of halogens is 3. The van der Waals surface area contributed by atoms with Crippen molar-refractivity contribution >= 4 is 34.1 Å². The molecule has 33 heavy (non-hydrogen) atoms. The third-order valence-corrected chi connectivity index (χ3v) is 5.07. The molecule has 170 valence electrons. The SMILES string of the molecule is CC(C)n1cc(-c2ccc3[nH]cc(NC(=O)C(=O)Nc4ccc(C(F)(F)F)cc4)c3c2)cn1. The lowest BCUT2D eigenvalue weighted by Gasteiger charge is -2.09. The van der Waals surface area contributed by atoms with Crippen molar-refractivity contribution in [2.24, 2.45) is 0 Å². The number of rotatable bonds is 4. The lowest BCUT2D eigenvalue weighted by molar-refractivity contribution is -0.137. The Bertz CT molecular complexity index is 1320. The van der Waals surface area contributed by atoms with E-state index < -0.39 is 23.6 Å². The second-order valence-electron chi connectivity index (χ2n) is 7.75. The molecule has 0 atom stereocenters. The van der Waals surface area contributed by atoms with E-state index in [2.05, 4.69) is 20.7 Å². The third kappa shape index (κ3) is 4.74. The van der Waals surface area contributed by atoms with E-state index in [1.54, 1.807) is 12.4 Å². The van der Waals surface area contributed by atoms with Crippen LogP contribution in [0.2, 0.25) is 0 Å². The number of fused-ring (bicyclic) bond motifs is 1. The normalized spacial score (nSPS) is 11.7. The van der Waals surface area contributed by atoms with Crippen molar-refractivity contribution in [2.45, 2.75) is 26.1 Å². The number of alkyl halides is 3. The molecular weight excluding hydrogens is 435 g/mol. The molecular formula is C23H20F3N5O2. The van der Waals surface area contributed by atoms with E-state index >= 15 is 0 Å². The molecule has 0 bridgehead atoms. The van der Waals surface area contributed by atoms with Crippen molar-refractivity contribution in [3.05, 3.63) is 66.6 Å². The van der Waals surface area contributed by atoms with Gasteiger partial charge in [-0.05, 0) is 55.8 Å². The summed E-state index contributed by atoms with van der Waals surface area (Å²) in [5, 5.41) is 9.86. The van der Waals surface area contributed by atoms with Gasteiger partial charge < -0.3 is 15.6 Å². The first kappa shape index (κ1) is 22.1. The van der Waals surface area contributed by atoms with Crippen molar-refractivity contribution in [3.63, 3.8) is 0 Å². The largest absolute Gasteiger partial charge is 0.416 e. The molecule has 4 rings (SSSR count). The Kier molecular flexibility index (Phi) is 5.67. The molecule has 0 saturated heterocycles. The van der Waals surface area contributed by atoms with Crippen LogP contribution in [0.3, 0.4) is 0 Å². The van der Waals surface area contributed by atoms with Gasteiger partial charge in [0.1, 0.15) is 0 Å². The minimum atomic E-state index is -4.48. The minimum absolute atomic E-state index is 0.0755. The molecule has 0 radical (unpaired) electrons. The molecule has 0 aliphatic rings. The van der Waals surface area contributed by atoms with Gasteiger partial charge in [-0.1, -0.05) is 6.07 Å². The van der Waals surface area contributed by atoms with Gasteiger partial charge >= 0.3 is 18.0 Å². The lowest BCUT2D eigenvalue weighted by atomic mass is 10.1. The fourth-order valence-corrected chi connectivity index (χ4v) is 3.28. The Hall–Kier alpha value is -4.08. The van der Waals surface area contributed by atoms with Crippen molar-refractivity contribution in [3.8, 4) is 11.1 Å². The van der Waals surface area contributed by atoms with Gasteiger partial charge in [0.25, 0.3) is 0 Å². The van der Waals surface area contributed by atoms with Crippen LogP contribution >= 0.6 is 0 Å². The van der Waals surface area contributed by atoms with Crippen molar-refractivity contribution < 1.29 is 22.8 Å². The number of carbonyl (C=O) groups is 2. The number of hydrogen-bond acceptors (Lipinski definition) is 3. The van der Waals surface area contributed by atoms with Crippen molar-refractivity contribution in [1.82, 2.24) is 14.8 Å². The van der Waals surface area contributed by atoms with Crippen molar-refractivity contribution in [1.29, 1.82) is 0 Å². The minimum Gasteiger partial charge on any atom is -0.359 e. The van der Waals surface area contributed by atoms with Gasteiger partial charge in [0.05, 0.1) is 17.4 Å². The van der Waals surface area contributed by atoms with Crippen LogP contribution in [-0.4, -0.2) is 26.6 Å². The van der Waals surface area contributed by atoms with E-state index in [0.29, 0.717) is 11.1 Å². The monoisotopic (exact) mass is 455 g/mol. The molecule has 0 spiro atoms. The van der Waals surface area contributed by atoms with Crippen LogP contribution in [0, 0.1) is 0 Å². The van der Waals surface area contributed by atoms with Crippen LogP contribution in [0.1, 0.15) is 25.5 Å². The molecule has 0 fully saturated rings. The number of anilines is 2. The zero-order valence-corrected chi connectivity index (χ0v) is 17.7. The van der Waals surface area contributed by atoms with Gasteiger partial charge in [-0.25, -0.2) is 0 Å². The number of H-pyrrole nitrogens is 1. The number of nitrogens with zero attached hydrogens (tertiary/aromatic N) is 2. The van der Waals surface area contributed by atoms with Gasteiger partial charge in [-0.2, -0.15) is 18.3 Å². The highest BCUT2D eigenvalue weighted by Crippen LogP contribution is 2.31. The van der Waals surface area contributed by atoms with E-state index in [-0.39, 0.29) is 11.7 Å². The van der Waals surface area contributed by atoms with Gasteiger partial charge in [-0.15, -0.1) is 0 Å². The average molecular weight is 455 g/mol. The lowest BCUT2D eigenvalue weighted by Crippen LogP contribution is -2.29. The highest BCUT2D eigenvalue weighted by Gasteiger charge is 2.30. The molecule has 0 saturated carbocycles. The maximum Gasteiger partial charge on any atom is 0.416 e. The molecule has 0 aliphatic heterocycles. The van der Waals surface area contributed by atoms with Gasteiger partial charge in [0, 0.05) is 40.6 Å². The molecule has 0 aliphatic carbocycles. The molecule has 7 nitrogen and oxygen atoms in total. The molecule has 4 aromatic rings. The highest BCUT2D eigenvalue weighted by atomic mass is 19.4. The van der Waals surface area contributed by atoms with E-state index in [9.17, 15) is 22.8 Å². The predicted molar refractivity (Wildman–Crippen MR) is 119 cm³/mol. The van der Waals surface area contributed by atoms with Crippen LogP contribution in [-0.2, 0) is 15.8 Å². The summed E-state index contributed by atoms with van der Waals surface area (Å²) in [6.45, 7) is 4.05. The summed E-state index contributed by atoms with van der Waals surface area (Å²) in [5.74, 6) is -1.95. The Morgan fingerprint density at radius 2 is 1.70 bits per heavy atom. The number of carbonyl (C=O) groups excluding carboxylic acids is 2. The zero-order valence-electron chi connectivity index (χ0n) is 17.7. The molecule has 2 heterocycles. The Balaban J connectivity index is 1.49. The second kappa shape index (κ2) is 8.45. The van der Waals surface area contributed by atoms with E-state index in [1.165, 1.54) is 0 Å². The van der Waals surface area contributed by atoms with E-state index in [0.717, 1.165) is 40.9 Å². The summed E-state index contributed by atoms with van der Waals surface area (Å²) >= 11 is 0. The van der Waals surface area contributed by atoms with Crippen LogP contribution < -0.4 is 10.6 Å². The maximum atomic E-state index is 12.7. The molecule has 10 heteroatoms. The van der Waals surface area contributed by atoms with Gasteiger partial charge in [-0.3, -0.25) is 14.3 Å². The Labute approximate surface area is 186 Å². The standard InChI is InChI=1S/C23H20F3N5O2/c1-13(2)31-12-15(10-28-31)14-3-8-19-18(9-14)20(11-27-19)30-22(33)21(32)29-17-6-4-16(5-7-17)23(24,25)26/h3-13,27H,1-2H3,(H,29,32)(H,30,33). The summed E-state index contributed by atoms with van der Waals surface area (Å²) < 4.78 is 39.8. The van der Waals surface area contributed by atoms with Crippen molar-refractivity contribution in [2.75, 3.05) is 10.6 Å². The molecule has 2 amide bonds. The molecule has 2 aromatic carbocycles. The van der Waals surface area contributed by atoms with E-state index in [4.69, 9.17) is 0 Å². The topological polar surface area (TPSA) is 91.8 Å². The summed E-state index contributed by atoms with van der Waals surface area (Å²) in [6.07, 6.45) is 0.759. The summed E-state index contributed by atoms with van der Waals surface area (Å²) in [7, 11) is 0. The summed E-state index contributed by atoms with van der Waals surface area (Å²) in [4.78, 5) is 27.7. The number of hydrogen-bond donors (Lipinski definition) is 3. The first-order chi connectivity index (χ1) is 15.6. The number of aromatic amines is 1. The molecule has 2 aromatic heterocycles. The molecule has 0 unspecified atom stereocenters. The highest BCUT2D eigenvalue weighted by molar-refractivity contribution is 6.44. The first-order valence-corrected chi connectivity index (χ1v) is 10.1. The van der Waals surface area contributed by atoms with Crippen LogP contribution in [0.5, 0.6) is 0 Å². The quantitative estimate of drug-likeness (QED) is 0.369. The van der Waals surface area contributed by atoms with Crippen LogP contribution in [0.25, 0.3) is 22.0 Å². The second-order valence-corrected chi connectivity index (χ2v) is 7.75. The van der Waals surface area contributed by atoms with Gasteiger partial charge in [0.2, 0.25) is 0 Å². The summed E-state index contributed by atoms with van der Waals surface area (Å²) in [5.41, 5.74) is 2.18.